The van der Waals surface area contributed by atoms with Crippen LogP contribution < -0.4 is 15.8 Å². The maximum absolute atomic E-state index is 12.1. The van der Waals surface area contributed by atoms with Crippen LogP contribution in [0.2, 0.25) is 0 Å². The number of hydrogen-bond acceptors (Lipinski definition) is 4. The maximum atomic E-state index is 12.1. The number of hydrogen-bond donors (Lipinski definition) is 3. The predicted octanol–water partition coefficient (Wildman–Crippen LogP) is 1.17. The fourth-order valence-electron chi connectivity index (χ4n) is 4.72. The van der Waals surface area contributed by atoms with Gasteiger partial charge in [0, 0.05) is 28.6 Å². The summed E-state index contributed by atoms with van der Waals surface area (Å²) in [7, 11) is 0. The zero-order valence-corrected chi connectivity index (χ0v) is 18.3. The van der Waals surface area contributed by atoms with Gasteiger partial charge in [-0.15, -0.1) is 0 Å². The minimum atomic E-state index is -0.384. The van der Waals surface area contributed by atoms with Gasteiger partial charge < -0.3 is 24.5 Å². The number of aryl methyl sites for hydroxylation is 1. The maximum Gasteiger partial charge on any atom is 0.336 e. The molecule has 4 rings (SSSR count). The number of morpholine rings is 1. The summed E-state index contributed by atoms with van der Waals surface area (Å²) in [6.07, 6.45) is 0.719. The molecule has 1 fully saturated rings. The van der Waals surface area contributed by atoms with E-state index in [1.54, 1.807) is 12.1 Å². The highest BCUT2D eigenvalue weighted by molar-refractivity contribution is 5.82. The highest BCUT2D eigenvalue weighted by atomic mass is 16.5. The van der Waals surface area contributed by atoms with Crippen molar-refractivity contribution in [2.45, 2.75) is 38.9 Å². The normalized spacial score (nSPS) is 17.0. The van der Waals surface area contributed by atoms with E-state index in [-0.39, 0.29) is 11.4 Å². The molecule has 1 saturated heterocycles. The Bertz CT molecular complexity index is 1070. The quantitative estimate of drug-likeness (QED) is 0.498. The van der Waals surface area contributed by atoms with E-state index in [1.165, 1.54) is 10.5 Å². The van der Waals surface area contributed by atoms with Crippen LogP contribution in [0.5, 0.6) is 5.75 Å². The molecule has 0 aliphatic carbocycles. The summed E-state index contributed by atoms with van der Waals surface area (Å²) >= 11 is 0. The van der Waals surface area contributed by atoms with Crippen LogP contribution in [-0.2, 0) is 17.7 Å². The first-order valence-corrected chi connectivity index (χ1v) is 11.2. The topological polar surface area (TPSA) is 80.7 Å². The number of rotatable bonds is 7. The number of phenolic OH excluding ortho intramolecular Hbond substituents is 1. The Morgan fingerprint density at radius 1 is 1.10 bits per heavy atom. The van der Waals surface area contributed by atoms with Crippen molar-refractivity contribution in [2.24, 2.45) is 0 Å². The number of nitrogens with one attached hydrogen (secondary N) is 1. The Labute approximate surface area is 182 Å². The summed E-state index contributed by atoms with van der Waals surface area (Å²) < 4.78 is 10.9. The number of aromatic hydroxyl groups is 1. The lowest BCUT2D eigenvalue weighted by Crippen LogP contribution is -3.17. The van der Waals surface area contributed by atoms with Gasteiger partial charge in [0.25, 0.3) is 0 Å². The molecule has 2 heterocycles. The minimum absolute atomic E-state index is 0.174. The van der Waals surface area contributed by atoms with Gasteiger partial charge in [-0.05, 0) is 25.0 Å². The third kappa shape index (κ3) is 4.82. The van der Waals surface area contributed by atoms with Gasteiger partial charge in [-0.1, -0.05) is 37.3 Å². The summed E-state index contributed by atoms with van der Waals surface area (Å²) in [6.45, 7) is 8.51. The van der Waals surface area contributed by atoms with Crippen LogP contribution in [0.15, 0.2) is 57.7 Å². The largest absolute Gasteiger partial charge is 0.508 e. The molecule has 6 nitrogen and oxygen atoms in total. The zero-order valence-electron chi connectivity index (χ0n) is 18.3. The second kappa shape index (κ2) is 9.64. The van der Waals surface area contributed by atoms with Gasteiger partial charge in [0.15, 0.2) is 6.04 Å². The number of ether oxygens (including phenoxy) is 1. The van der Waals surface area contributed by atoms with E-state index in [4.69, 9.17) is 9.15 Å². The highest BCUT2D eigenvalue weighted by Gasteiger charge is 2.33. The Morgan fingerprint density at radius 3 is 2.55 bits per heavy atom. The van der Waals surface area contributed by atoms with Gasteiger partial charge in [0.1, 0.15) is 37.0 Å². The summed E-state index contributed by atoms with van der Waals surface area (Å²) in [4.78, 5) is 13.7. The average molecular weight is 425 g/mol. The van der Waals surface area contributed by atoms with Gasteiger partial charge >= 0.3 is 5.63 Å². The lowest BCUT2D eigenvalue weighted by molar-refractivity contribution is -0.959. The lowest BCUT2D eigenvalue weighted by Gasteiger charge is -2.34. The summed E-state index contributed by atoms with van der Waals surface area (Å²) in [5.74, 6) is 0.174. The Kier molecular flexibility index (Phi) is 6.70. The molecule has 4 N–H and O–H groups in total. The smallest absolute Gasteiger partial charge is 0.336 e. The molecule has 164 valence electrons. The zero-order chi connectivity index (χ0) is 21.8. The molecule has 0 radical (unpaired) electrons. The summed E-state index contributed by atoms with van der Waals surface area (Å²) in [5.41, 5.74) is 3.19. The van der Waals surface area contributed by atoms with Crippen molar-refractivity contribution in [3.63, 3.8) is 0 Å². The fourth-order valence-corrected chi connectivity index (χ4v) is 4.72. The molecule has 3 aromatic rings. The number of benzene rings is 2. The second-order valence-corrected chi connectivity index (χ2v) is 8.38. The Balaban J connectivity index is 1.61. The van der Waals surface area contributed by atoms with Crippen LogP contribution in [0.4, 0.5) is 0 Å². The molecule has 1 aromatic heterocycles. The van der Waals surface area contributed by atoms with E-state index >= 15 is 0 Å². The van der Waals surface area contributed by atoms with Gasteiger partial charge in [-0.25, -0.2) is 4.79 Å². The van der Waals surface area contributed by atoms with Crippen LogP contribution in [0.3, 0.4) is 0 Å². The number of fused-ring (bicyclic) bond motifs is 1. The van der Waals surface area contributed by atoms with Crippen molar-refractivity contribution in [1.29, 1.82) is 0 Å². The molecule has 2 atom stereocenters. The number of nitrogens with two attached hydrogens (primary N) is 1. The first kappa shape index (κ1) is 21.6. The molecule has 1 aliphatic rings. The van der Waals surface area contributed by atoms with Crippen molar-refractivity contribution in [3.8, 4) is 5.75 Å². The second-order valence-electron chi connectivity index (χ2n) is 8.38. The van der Waals surface area contributed by atoms with Gasteiger partial charge in [-0.2, -0.15) is 0 Å². The third-order valence-electron chi connectivity index (χ3n) is 6.38. The minimum Gasteiger partial charge on any atom is -0.508 e. The molecule has 0 saturated carbocycles. The molecule has 0 unspecified atom stereocenters. The van der Waals surface area contributed by atoms with E-state index in [0.717, 1.165) is 49.2 Å². The van der Waals surface area contributed by atoms with Crippen molar-refractivity contribution < 1.29 is 24.5 Å². The van der Waals surface area contributed by atoms with Crippen molar-refractivity contribution in [2.75, 3.05) is 26.3 Å². The molecule has 31 heavy (non-hydrogen) atoms. The van der Waals surface area contributed by atoms with E-state index in [0.29, 0.717) is 24.2 Å². The first-order valence-electron chi connectivity index (χ1n) is 11.2. The van der Waals surface area contributed by atoms with Crippen LogP contribution in [-0.4, -0.2) is 37.5 Å². The van der Waals surface area contributed by atoms with E-state index in [2.05, 4.69) is 42.6 Å². The van der Waals surface area contributed by atoms with Crippen molar-refractivity contribution >= 4 is 11.0 Å². The van der Waals surface area contributed by atoms with Crippen LogP contribution in [0.1, 0.15) is 36.6 Å². The molecule has 2 aromatic carbocycles. The van der Waals surface area contributed by atoms with Crippen LogP contribution in [0.25, 0.3) is 11.0 Å². The highest BCUT2D eigenvalue weighted by Crippen LogP contribution is 2.26. The average Bonchev–Trinajstić information content (AvgIpc) is 2.78. The third-order valence-corrected chi connectivity index (χ3v) is 6.38. The Morgan fingerprint density at radius 2 is 1.84 bits per heavy atom. The van der Waals surface area contributed by atoms with Crippen LogP contribution >= 0.6 is 0 Å². The Hall–Kier alpha value is -2.67. The molecular weight excluding hydrogens is 392 g/mol. The van der Waals surface area contributed by atoms with E-state index < -0.39 is 0 Å². The molecular formula is C25H32N2O4+2. The molecule has 6 heteroatoms. The molecule has 1 aliphatic heterocycles. The molecule has 0 spiro atoms. The molecule has 0 bridgehead atoms. The number of phenols is 1. The predicted molar refractivity (Wildman–Crippen MR) is 119 cm³/mol. The van der Waals surface area contributed by atoms with E-state index in [1.807, 2.05) is 13.0 Å². The summed E-state index contributed by atoms with van der Waals surface area (Å²) in [5, 5.41) is 13.4. The van der Waals surface area contributed by atoms with Crippen LogP contribution in [0, 0.1) is 0 Å². The lowest BCUT2D eigenvalue weighted by atomic mass is 9.97. The standard InChI is InChI=1S/C25H30N2O4/c1-3-18-13-21-20(14-24(29)31-23(21)15-22(18)28)16-26-17(2)25(19-7-5-4-6-8-19)27-9-11-30-12-10-27/h4-8,13-15,17,25-26,28H,3,9-12,16H2,1-2H3/p+2/t17-,25+/m0/s1. The monoisotopic (exact) mass is 424 g/mol. The fraction of sp³-hybridized carbons (Fsp3) is 0.400. The van der Waals surface area contributed by atoms with E-state index in [9.17, 15) is 9.90 Å². The summed E-state index contributed by atoms with van der Waals surface area (Å²) in [6, 6.07) is 16.4. The van der Waals surface area contributed by atoms with Crippen molar-refractivity contribution in [3.05, 3.63) is 75.6 Å². The van der Waals surface area contributed by atoms with Gasteiger partial charge in [-0.3, -0.25) is 0 Å². The van der Waals surface area contributed by atoms with Crippen molar-refractivity contribution in [1.82, 2.24) is 0 Å². The van der Waals surface area contributed by atoms with Gasteiger partial charge in [0.2, 0.25) is 0 Å². The number of quaternary nitrogens is 2. The molecule has 0 amide bonds. The first-order chi connectivity index (χ1) is 15.1. The SMILES string of the molecule is CCc1cc2c(C[NH2+][C@@H](C)[C@H](c3ccccc3)[NH+]3CCOCC3)cc(=O)oc2cc1O. The van der Waals surface area contributed by atoms with Gasteiger partial charge in [0.05, 0.1) is 13.2 Å².